The Morgan fingerprint density at radius 3 is 3.15 bits per heavy atom. The van der Waals surface area contributed by atoms with E-state index in [1.807, 2.05) is 5.51 Å². The molecule has 0 aliphatic heterocycles. The summed E-state index contributed by atoms with van der Waals surface area (Å²) in [6, 6.07) is 0. The molecule has 2 aromatic rings. The van der Waals surface area contributed by atoms with Gasteiger partial charge in [-0.3, -0.25) is 0 Å². The largest absolute Gasteiger partial charge is 0.243 e. The summed E-state index contributed by atoms with van der Waals surface area (Å²) in [7, 11) is 0. The molecule has 0 fully saturated rings. The summed E-state index contributed by atoms with van der Waals surface area (Å²) >= 11 is 1.62. The van der Waals surface area contributed by atoms with Crippen LogP contribution in [0.2, 0.25) is 0 Å². The van der Waals surface area contributed by atoms with Crippen molar-refractivity contribution in [1.82, 2.24) is 15.2 Å². The van der Waals surface area contributed by atoms with Crippen LogP contribution < -0.4 is 0 Å². The molecule has 0 spiro atoms. The van der Waals surface area contributed by atoms with Crippen LogP contribution in [0.15, 0.2) is 11.7 Å². The highest BCUT2D eigenvalue weighted by Crippen LogP contribution is 2.25. The lowest BCUT2D eigenvalue weighted by Crippen LogP contribution is -1.98. The van der Waals surface area contributed by atoms with Crippen molar-refractivity contribution in [2.75, 3.05) is 0 Å². The van der Waals surface area contributed by atoms with Gasteiger partial charge >= 0.3 is 0 Å². The Kier molecular flexibility index (Phi) is 2.22. The number of rotatable bonds is 2. The molecule has 1 unspecified atom stereocenters. The Balaban J connectivity index is 2.60. The molecule has 2 heterocycles. The minimum atomic E-state index is 0.443. The van der Waals surface area contributed by atoms with E-state index < -0.39 is 0 Å². The molecule has 0 saturated heterocycles. The fourth-order valence-electron chi connectivity index (χ4n) is 1.26. The Morgan fingerprint density at radius 1 is 1.54 bits per heavy atom. The third-order valence-corrected chi connectivity index (χ3v) is 3.02. The van der Waals surface area contributed by atoms with Crippen LogP contribution in [0, 0.1) is 0 Å². The molecule has 68 valence electrons. The smallest absolute Gasteiger partial charge is 0.106 e. The van der Waals surface area contributed by atoms with Gasteiger partial charge in [-0.1, -0.05) is 13.8 Å². The maximum absolute atomic E-state index is 4.30. The first kappa shape index (κ1) is 8.56. The Labute approximate surface area is 80.8 Å². The van der Waals surface area contributed by atoms with Crippen LogP contribution >= 0.6 is 11.3 Å². The summed E-state index contributed by atoms with van der Waals surface area (Å²) < 4.78 is 1.13. The zero-order valence-electron chi connectivity index (χ0n) is 7.69. The second-order valence-electron chi connectivity index (χ2n) is 3.10. The maximum atomic E-state index is 4.30. The molecular formula is C9H11N3S. The molecule has 0 amide bonds. The molecule has 0 aliphatic carbocycles. The lowest BCUT2D eigenvalue weighted by molar-refractivity contribution is 0.698. The summed E-state index contributed by atoms with van der Waals surface area (Å²) in [5, 5.41) is 8.12. The van der Waals surface area contributed by atoms with Crippen molar-refractivity contribution in [3.05, 3.63) is 17.4 Å². The molecule has 0 radical (unpaired) electrons. The molecular weight excluding hydrogens is 182 g/mol. The molecule has 2 rings (SSSR count). The zero-order valence-corrected chi connectivity index (χ0v) is 8.51. The molecule has 0 N–H and O–H groups in total. The fraction of sp³-hybridized carbons (Fsp3) is 0.444. The summed E-state index contributed by atoms with van der Waals surface area (Å²) in [4.78, 5) is 4.30. The lowest BCUT2D eigenvalue weighted by atomic mass is 10.0. The first-order chi connectivity index (χ1) is 6.33. The molecule has 4 heteroatoms. The zero-order chi connectivity index (χ0) is 9.26. The van der Waals surface area contributed by atoms with Gasteiger partial charge in [-0.2, -0.15) is 10.2 Å². The van der Waals surface area contributed by atoms with Crippen LogP contribution in [0.5, 0.6) is 0 Å². The SMILES string of the molecule is CCC(C)c1nncc2scnc12. The monoisotopic (exact) mass is 193 g/mol. The number of fused-ring (bicyclic) bond motifs is 1. The number of thiazole rings is 1. The average molecular weight is 193 g/mol. The molecule has 0 aliphatic rings. The van der Waals surface area contributed by atoms with E-state index >= 15 is 0 Å². The van der Waals surface area contributed by atoms with Crippen LogP contribution in [0.4, 0.5) is 0 Å². The average Bonchev–Trinajstić information content (AvgIpc) is 2.63. The van der Waals surface area contributed by atoms with Crippen LogP contribution in [-0.4, -0.2) is 15.2 Å². The van der Waals surface area contributed by atoms with Gasteiger partial charge in [0.15, 0.2) is 0 Å². The van der Waals surface area contributed by atoms with Gasteiger partial charge in [0, 0.05) is 5.92 Å². The topological polar surface area (TPSA) is 38.7 Å². The van der Waals surface area contributed by atoms with Crippen LogP contribution in [0.3, 0.4) is 0 Å². The van der Waals surface area contributed by atoms with Gasteiger partial charge in [0.05, 0.1) is 22.1 Å². The minimum absolute atomic E-state index is 0.443. The molecule has 0 saturated carbocycles. The van der Waals surface area contributed by atoms with Crippen molar-refractivity contribution >= 4 is 21.6 Å². The van der Waals surface area contributed by atoms with E-state index in [0.717, 1.165) is 22.3 Å². The molecule has 2 aromatic heterocycles. The van der Waals surface area contributed by atoms with Crippen molar-refractivity contribution in [2.24, 2.45) is 0 Å². The van der Waals surface area contributed by atoms with Gasteiger partial charge in [0.1, 0.15) is 5.52 Å². The van der Waals surface area contributed by atoms with Crippen molar-refractivity contribution in [3.8, 4) is 0 Å². The van der Waals surface area contributed by atoms with Crippen molar-refractivity contribution < 1.29 is 0 Å². The predicted molar refractivity (Wildman–Crippen MR) is 53.9 cm³/mol. The highest BCUT2D eigenvalue weighted by atomic mass is 32.1. The number of hydrogen-bond donors (Lipinski definition) is 0. The van der Waals surface area contributed by atoms with E-state index in [2.05, 4.69) is 29.0 Å². The van der Waals surface area contributed by atoms with Crippen LogP contribution in [-0.2, 0) is 0 Å². The second-order valence-corrected chi connectivity index (χ2v) is 3.99. The first-order valence-corrected chi connectivity index (χ1v) is 5.25. The Hall–Kier alpha value is -1.03. The third kappa shape index (κ3) is 1.42. The van der Waals surface area contributed by atoms with Gasteiger partial charge in [-0.05, 0) is 6.42 Å². The minimum Gasteiger partial charge on any atom is -0.243 e. The van der Waals surface area contributed by atoms with Gasteiger partial charge in [-0.25, -0.2) is 4.98 Å². The van der Waals surface area contributed by atoms with Crippen molar-refractivity contribution in [2.45, 2.75) is 26.2 Å². The predicted octanol–water partition coefficient (Wildman–Crippen LogP) is 2.60. The maximum Gasteiger partial charge on any atom is 0.106 e. The third-order valence-electron chi connectivity index (χ3n) is 2.26. The van der Waals surface area contributed by atoms with Crippen molar-refractivity contribution in [3.63, 3.8) is 0 Å². The van der Waals surface area contributed by atoms with Gasteiger partial charge in [0.2, 0.25) is 0 Å². The Morgan fingerprint density at radius 2 is 2.38 bits per heavy atom. The van der Waals surface area contributed by atoms with Gasteiger partial charge in [-0.15, -0.1) is 11.3 Å². The summed E-state index contributed by atoms with van der Waals surface area (Å²) in [5.41, 5.74) is 3.90. The number of nitrogens with zero attached hydrogens (tertiary/aromatic N) is 3. The summed E-state index contributed by atoms with van der Waals surface area (Å²) in [5.74, 6) is 0.443. The molecule has 3 nitrogen and oxygen atoms in total. The lowest BCUT2D eigenvalue weighted by Gasteiger charge is -2.06. The summed E-state index contributed by atoms with van der Waals surface area (Å²) in [6.45, 7) is 4.31. The van der Waals surface area contributed by atoms with Gasteiger partial charge in [0.25, 0.3) is 0 Å². The van der Waals surface area contributed by atoms with E-state index in [9.17, 15) is 0 Å². The number of hydrogen-bond acceptors (Lipinski definition) is 4. The van der Waals surface area contributed by atoms with E-state index in [0.29, 0.717) is 5.92 Å². The van der Waals surface area contributed by atoms with Crippen molar-refractivity contribution in [1.29, 1.82) is 0 Å². The normalized spacial score (nSPS) is 13.4. The molecule has 13 heavy (non-hydrogen) atoms. The van der Waals surface area contributed by atoms with Crippen LogP contribution in [0.25, 0.3) is 10.2 Å². The van der Waals surface area contributed by atoms with E-state index in [4.69, 9.17) is 0 Å². The first-order valence-electron chi connectivity index (χ1n) is 4.37. The molecule has 0 aromatic carbocycles. The standard InChI is InChI=1S/C9H11N3S/c1-3-6(2)8-9-7(4-11-12-8)13-5-10-9/h4-6H,3H2,1-2H3. The number of aromatic nitrogens is 3. The van der Waals surface area contributed by atoms with E-state index in [1.165, 1.54) is 0 Å². The highest BCUT2D eigenvalue weighted by Gasteiger charge is 2.11. The second kappa shape index (κ2) is 3.38. The highest BCUT2D eigenvalue weighted by molar-refractivity contribution is 7.16. The molecule has 1 atom stereocenters. The summed E-state index contributed by atoms with van der Waals surface area (Å²) in [6.07, 6.45) is 2.85. The molecule has 0 bridgehead atoms. The van der Waals surface area contributed by atoms with Gasteiger partial charge < -0.3 is 0 Å². The van der Waals surface area contributed by atoms with Crippen LogP contribution in [0.1, 0.15) is 31.9 Å². The Bertz CT molecular complexity index is 410. The van der Waals surface area contributed by atoms with E-state index in [1.54, 1.807) is 17.5 Å². The fourth-order valence-corrected chi connectivity index (χ4v) is 1.90. The quantitative estimate of drug-likeness (QED) is 0.735. The van der Waals surface area contributed by atoms with E-state index in [-0.39, 0.29) is 0 Å².